The molecule has 0 aliphatic carbocycles. The number of halogens is 1. The molecule has 0 saturated heterocycles. The van der Waals surface area contributed by atoms with Crippen molar-refractivity contribution >= 4 is 21.6 Å². The summed E-state index contributed by atoms with van der Waals surface area (Å²) in [5, 5.41) is 17.7. The topological polar surface area (TPSA) is 91.7 Å². The molecule has 0 atom stereocenters. The largest absolute Gasteiger partial charge is 0.301 e. The van der Waals surface area contributed by atoms with Gasteiger partial charge in [0.25, 0.3) is 0 Å². The first kappa shape index (κ1) is 13.0. The van der Waals surface area contributed by atoms with Crippen molar-refractivity contribution in [3.63, 3.8) is 0 Å². The minimum absolute atomic E-state index is 0.220. The van der Waals surface area contributed by atoms with Crippen molar-refractivity contribution in [2.75, 3.05) is 0 Å². The third-order valence-corrected chi connectivity index (χ3v) is 3.83. The molecule has 0 unspecified atom stereocenters. The summed E-state index contributed by atoms with van der Waals surface area (Å²) < 4.78 is 2.33. The molecular formula is C14H9BrN6O. The van der Waals surface area contributed by atoms with E-state index >= 15 is 0 Å². The molecule has 0 radical (unpaired) electrons. The molecule has 4 aromatic rings. The highest BCUT2D eigenvalue weighted by atomic mass is 79.9. The van der Waals surface area contributed by atoms with Gasteiger partial charge >= 0.3 is 5.56 Å². The van der Waals surface area contributed by atoms with Crippen molar-refractivity contribution in [3.8, 4) is 22.5 Å². The lowest BCUT2D eigenvalue weighted by atomic mass is 10.1. The van der Waals surface area contributed by atoms with E-state index in [2.05, 4.69) is 41.4 Å². The normalized spacial score (nSPS) is 11.1. The molecule has 0 aliphatic rings. The van der Waals surface area contributed by atoms with E-state index in [-0.39, 0.29) is 11.3 Å². The van der Waals surface area contributed by atoms with Gasteiger partial charge in [0.05, 0.1) is 5.69 Å². The molecule has 4 rings (SSSR count). The molecule has 8 heteroatoms. The van der Waals surface area contributed by atoms with Crippen LogP contribution in [0.25, 0.3) is 28.2 Å². The van der Waals surface area contributed by atoms with Crippen molar-refractivity contribution in [1.82, 2.24) is 30.0 Å². The number of rotatable bonds is 2. The number of H-pyrrole nitrogens is 2. The summed E-state index contributed by atoms with van der Waals surface area (Å²) in [7, 11) is 0. The molecule has 0 spiro atoms. The van der Waals surface area contributed by atoms with Crippen LogP contribution in [0.4, 0.5) is 0 Å². The maximum atomic E-state index is 12.5. The van der Waals surface area contributed by atoms with Crippen LogP contribution in [0.15, 0.2) is 52.0 Å². The zero-order chi connectivity index (χ0) is 15.1. The Morgan fingerprint density at radius 1 is 1.18 bits per heavy atom. The molecule has 1 aromatic carbocycles. The highest BCUT2D eigenvalue weighted by Crippen LogP contribution is 2.25. The molecule has 0 saturated carbocycles. The molecule has 3 heterocycles. The summed E-state index contributed by atoms with van der Waals surface area (Å²) in [5.74, 6) is 0. The number of aromatic nitrogens is 6. The van der Waals surface area contributed by atoms with E-state index in [4.69, 9.17) is 0 Å². The van der Waals surface area contributed by atoms with Crippen LogP contribution >= 0.6 is 15.9 Å². The molecule has 0 aliphatic heterocycles. The Morgan fingerprint density at radius 3 is 2.86 bits per heavy atom. The fraction of sp³-hybridized carbons (Fsp3) is 0. The van der Waals surface area contributed by atoms with Gasteiger partial charge in [0.2, 0.25) is 0 Å². The van der Waals surface area contributed by atoms with Crippen LogP contribution in [0.1, 0.15) is 0 Å². The minimum Gasteiger partial charge on any atom is -0.296 e. The lowest BCUT2D eigenvalue weighted by molar-refractivity contribution is 0.854. The van der Waals surface area contributed by atoms with E-state index in [0.29, 0.717) is 11.3 Å². The molecule has 2 N–H and O–H groups in total. The lowest BCUT2D eigenvalue weighted by Gasteiger charge is -2.00. The third kappa shape index (κ3) is 1.96. The fourth-order valence-corrected chi connectivity index (χ4v) is 2.70. The molecule has 0 fully saturated rings. The minimum atomic E-state index is -0.282. The average molecular weight is 357 g/mol. The van der Waals surface area contributed by atoms with E-state index in [9.17, 15) is 4.79 Å². The van der Waals surface area contributed by atoms with Gasteiger partial charge in [-0.1, -0.05) is 28.1 Å². The van der Waals surface area contributed by atoms with Gasteiger partial charge in [-0.15, -0.1) is 10.2 Å². The first-order valence-corrected chi connectivity index (χ1v) is 7.26. The van der Waals surface area contributed by atoms with Crippen LogP contribution in [-0.4, -0.2) is 30.0 Å². The first-order valence-electron chi connectivity index (χ1n) is 6.46. The smallest absolute Gasteiger partial charge is 0.296 e. The Labute approximate surface area is 132 Å². The second kappa shape index (κ2) is 4.92. The zero-order valence-corrected chi connectivity index (χ0v) is 12.7. The molecule has 3 aromatic heterocycles. The lowest BCUT2D eigenvalue weighted by Crippen LogP contribution is -2.19. The quantitative estimate of drug-likeness (QED) is 0.576. The summed E-state index contributed by atoms with van der Waals surface area (Å²) in [6, 6.07) is 9.44. The van der Waals surface area contributed by atoms with Gasteiger partial charge < -0.3 is 0 Å². The summed E-state index contributed by atoms with van der Waals surface area (Å²) in [4.78, 5) is 12.5. The van der Waals surface area contributed by atoms with Gasteiger partial charge in [0.1, 0.15) is 0 Å². The third-order valence-electron chi connectivity index (χ3n) is 3.33. The fourth-order valence-electron chi connectivity index (χ4n) is 2.30. The number of aromatic amines is 2. The summed E-state index contributed by atoms with van der Waals surface area (Å²) in [6.07, 6.45) is 3.30. The van der Waals surface area contributed by atoms with E-state index in [1.54, 1.807) is 18.5 Å². The second-order valence-electron chi connectivity index (χ2n) is 4.68. The highest BCUT2D eigenvalue weighted by Gasteiger charge is 2.15. The van der Waals surface area contributed by atoms with Crippen LogP contribution in [-0.2, 0) is 0 Å². The van der Waals surface area contributed by atoms with E-state index < -0.39 is 0 Å². The average Bonchev–Trinajstić information content (AvgIpc) is 3.17. The maximum Gasteiger partial charge on any atom is 0.301 e. The summed E-state index contributed by atoms with van der Waals surface area (Å²) >= 11 is 3.44. The van der Waals surface area contributed by atoms with Crippen LogP contribution in [0.2, 0.25) is 0 Å². The Bertz CT molecular complexity index is 1020. The van der Waals surface area contributed by atoms with Crippen molar-refractivity contribution < 1.29 is 0 Å². The number of benzene rings is 1. The summed E-state index contributed by atoms with van der Waals surface area (Å²) in [6.45, 7) is 0. The predicted octanol–water partition coefficient (Wildman–Crippen LogP) is 2.24. The van der Waals surface area contributed by atoms with E-state index in [1.165, 1.54) is 4.52 Å². The Hall–Kier alpha value is -2.74. The molecule has 0 bridgehead atoms. The number of hydrogen-bond acceptors (Lipinski definition) is 4. The zero-order valence-electron chi connectivity index (χ0n) is 11.1. The van der Waals surface area contributed by atoms with Crippen LogP contribution in [0, 0.1) is 0 Å². The number of hydrogen-bond donors (Lipinski definition) is 2. The van der Waals surface area contributed by atoms with Crippen molar-refractivity contribution in [2.24, 2.45) is 0 Å². The molecule has 7 nitrogen and oxygen atoms in total. The van der Waals surface area contributed by atoms with Gasteiger partial charge in [0, 0.05) is 22.4 Å². The SMILES string of the molecule is O=c1c(-c2ccn[nH]2)nnc2c(-c3cccc(Br)c3)c[nH]n12. The second-order valence-corrected chi connectivity index (χ2v) is 5.60. The Kier molecular flexibility index (Phi) is 2.90. The Morgan fingerprint density at radius 2 is 2.09 bits per heavy atom. The van der Waals surface area contributed by atoms with Gasteiger partial charge in [-0.25, -0.2) is 0 Å². The van der Waals surface area contributed by atoms with Crippen molar-refractivity contribution in [2.45, 2.75) is 0 Å². The standard InChI is InChI=1S/C14H9BrN6O/c15-9-3-1-2-8(6-9)10-7-17-21-13(10)20-19-12(14(21)22)11-4-5-16-18-11/h1-7,17H,(H,16,18). The molecule has 0 amide bonds. The van der Waals surface area contributed by atoms with Gasteiger partial charge in [0.15, 0.2) is 11.3 Å². The monoisotopic (exact) mass is 356 g/mol. The highest BCUT2D eigenvalue weighted by molar-refractivity contribution is 9.10. The van der Waals surface area contributed by atoms with Crippen LogP contribution in [0.3, 0.4) is 0 Å². The van der Waals surface area contributed by atoms with Gasteiger partial charge in [-0.3, -0.25) is 15.0 Å². The van der Waals surface area contributed by atoms with Gasteiger partial charge in [-0.2, -0.15) is 9.61 Å². The van der Waals surface area contributed by atoms with Crippen molar-refractivity contribution in [3.05, 3.63) is 57.6 Å². The van der Waals surface area contributed by atoms with Gasteiger partial charge in [-0.05, 0) is 23.8 Å². The first-order chi connectivity index (χ1) is 10.7. The maximum absolute atomic E-state index is 12.5. The Balaban J connectivity index is 1.95. The summed E-state index contributed by atoms with van der Waals surface area (Å²) in [5.41, 5.74) is 2.70. The molecule has 108 valence electrons. The number of nitrogens with zero attached hydrogens (tertiary/aromatic N) is 4. The van der Waals surface area contributed by atoms with Crippen LogP contribution in [0.5, 0.6) is 0 Å². The van der Waals surface area contributed by atoms with E-state index in [0.717, 1.165) is 15.6 Å². The molecular weight excluding hydrogens is 348 g/mol. The van der Waals surface area contributed by atoms with Crippen LogP contribution < -0.4 is 5.56 Å². The van der Waals surface area contributed by atoms with Crippen molar-refractivity contribution in [1.29, 1.82) is 0 Å². The number of fused-ring (bicyclic) bond motifs is 1. The molecule has 22 heavy (non-hydrogen) atoms. The number of nitrogens with one attached hydrogen (secondary N) is 2. The predicted molar refractivity (Wildman–Crippen MR) is 84.3 cm³/mol. The van der Waals surface area contributed by atoms with E-state index in [1.807, 2.05) is 24.3 Å².